The first-order valence-electron chi connectivity index (χ1n) is 29.6. The minimum absolute atomic E-state index is 0.0148. The van der Waals surface area contributed by atoms with Gasteiger partial charge in [0.15, 0.2) is 36.2 Å². The molecule has 4 aliphatic heterocycles. The van der Waals surface area contributed by atoms with Crippen LogP contribution in [0.25, 0.3) is 0 Å². The highest BCUT2D eigenvalue weighted by Crippen LogP contribution is 2.49. The van der Waals surface area contributed by atoms with Gasteiger partial charge in [0.2, 0.25) is 17.2 Å². The summed E-state index contributed by atoms with van der Waals surface area (Å²) in [6.07, 6.45) is -14.4. The van der Waals surface area contributed by atoms with Crippen molar-refractivity contribution in [2.75, 3.05) is 61.1 Å². The summed E-state index contributed by atoms with van der Waals surface area (Å²) in [6.45, 7) is 16.0. The average Bonchev–Trinajstić information content (AvgIpc) is 0.806. The molecule has 1 aromatic rings. The van der Waals surface area contributed by atoms with E-state index in [9.17, 15) is 44.7 Å². The molecule has 91 heavy (non-hydrogen) atoms. The van der Waals surface area contributed by atoms with E-state index >= 15 is 0 Å². The van der Waals surface area contributed by atoms with Crippen molar-refractivity contribution in [3.63, 3.8) is 0 Å². The van der Waals surface area contributed by atoms with Crippen LogP contribution in [0, 0.1) is 34.2 Å². The fourth-order valence-corrected chi connectivity index (χ4v) is 14.6. The van der Waals surface area contributed by atoms with Crippen LogP contribution < -0.4 is 30.3 Å². The number of allylic oxidation sites excluding steroid dienone is 3. The van der Waals surface area contributed by atoms with Crippen LogP contribution in [-0.4, -0.2) is 230 Å². The van der Waals surface area contributed by atoms with Crippen LogP contribution in [-0.2, 0) is 61.8 Å². The molecule has 4 fully saturated rings. The lowest BCUT2D eigenvalue weighted by atomic mass is 9.76. The number of hydrogen-bond acceptors (Lipinski definition) is 28. The second-order valence-corrected chi connectivity index (χ2v) is 26.8. The first kappa shape index (κ1) is 76.2. The van der Waals surface area contributed by atoms with Crippen molar-refractivity contribution >= 4 is 78.9 Å². The van der Waals surface area contributed by atoms with Crippen molar-refractivity contribution in [3.05, 3.63) is 49.8 Å². The third-order valence-corrected chi connectivity index (χ3v) is 20.9. The number of esters is 1. The van der Waals surface area contributed by atoms with Crippen LogP contribution in [0.5, 0.6) is 17.2 Å². The fourth-order valence-electron chi connectivity index (χ4n) is 10.9. The van der Waals surface area contributed by atoms with Crippen molar-refractivity contribution in [2.24, 2.45) is 0 Å². The van der Waals surface area contributed by atoms with Gasteiger partial charge < -0.3 is 92.4 Å². The molecule has 4 saturated heterocycles. The molecule has 1 unspecified atom stereocenters. The SMILES string of the molecule is CC#C/C=C\C#C[C@H](O[C@@H]1O[C@H](C)[C@@H](NO[C@H]2C[C@H](O)[C@H](SC(=O)c3c(C)c(I)c(O[C@@H]4O[C@@H](C)[C@H](O)[C@@H](OC)[C@H]4O)c(OC)c3OC)[C@@H](C)O2)[C@H](O)[C@H]1O[C@H]1C[C@H](OC)[C@@H](NCC)CO1)C1=C(NC(=O)OC)C(=O)C[C@](C)(O)/C1=C/CSSC(C)C(=O)OCC. The summed E-state index contributed by atoms with van der Waals surface area (Å²) in [5.74, 6) is 10.7. The van der Waals surface area contributed by atoms with E-state index in [0.717, 1.165) is 18.9 Å². The summed E-state index contributed by atoms with van der Waals surface area (Å²) >= 11 is 2.81. The predicted octanol–water partition coefficient (Wildman–Crippen LogP) is 3.90. The van der Waals surface area contributed by atoms with Crippen LogP contribution in [0.2, 0.25) is 0 Å². The Morgan fingerprint density at radius 2 is 1.58 bits per heavy atom. The van der Waals surface area contributed by atoms with Crippen LogP contribution in [0.15, 0.2) is 35.1 Å². The number of halogens is 1. The summed E-state index contributed by atoms with van der Waals surface area (Å²) in [5.41, 5.74) is 1.34. The molecule has 26 nitrogen and oxygen atoms in total. The number of alkyl carbamates (subject to hydrolysis) is 1. The molecule has 0 radical (unpaired) electrons. The lowest BCUT2D eigenvalue weighted by molar-refractivity contribution is -0.336. The Hall–Kier alpha value is -3.82. The molecular weight excluding hydrogens is 1370 g/mol. The zero-order valence-electron chi connectivity index (χ0n) is 53.3. The molecule has 6 rings (SSSR count). The van der Waals surface area contributed by atoms with Gasteiger partial charge in [-0.3, -0.25) is 24.5 Å². The Bertz CT molecular complexity index is 2890. The Kier molecular flexibility index (Phi) is 30.0. The third kappa shape index (κ3) is 19.0. The number of thioether (sulfide) groups is 1. The number of hydrogen-bond donors (Lipinski definition) is 8. The van der Waals surface area contributed by atoms with E-state index in [1.807, 2.05) is 29.5 Å². The number of ether oxygens (including phenoxy) is 13. The highest BCUT2D eigenvalue weighted by Gasteiger charge is 2.52. The number of Topliss-reactive ketones (excluding diaryl/α,β-unsaturated/α-hetero) is 1. The summed E-state index contributed by atoms with van der Waals surface area (Å²) in [4.78, 5) is 60.4. The monoisotopic (exact) mass is 1450 g/mol. The molecule has 8 N–H and O–H groups in total. The van der Waals surface area contributed by atoms with Crippen molar-refractivity contribution in [3.8, 4) is 40.9 Å². The van der Waals surface area contributed by atoms with E-state index < -0.39 is 144 Å². The number of carbonyl (C=O) groups is 4. The molecule has 30 heteroatoms. The highest BCUT2D eigenvalue weighted by molar-refractivity contribution is 14.1. The van der Waals surface area contributed by atoms with Gasteiger partial charge in [-0.05, 0) is 108 Å². The molecule has 0 spiro atoms. The Labute approximate surface area is 556 Å². The number of rotatable bonds is 25. The number of amides is 1. The standard InChI is InChI=1S/C61H86IN3O23S3/c1-15-18-19-20-21-22-38(43-34(23-24-89-91-33(8)56(71)80-17-3)61(9,74)27-37(67)46(43)64-60(73)79-14)85-59-53(86-40-26-39(75-10)35(28-81-40)63-16-2)48(69)45(30(5)83-59)65-88-41-25-36(66)55(32(7)82-41)90-57(72)42-29(4)44(62)51(54(78-13)50(42)76-11)87-58-49(70)52(77-12)47(68)31(6)84-58/h19-20,23,30-33,35-36,38-41,45,47-49,52-53,55,58-59,63,65-66,68-70,74H,16-17,24-28H2,1-14H3,(H,64,73)/b20-19-,34-23+/t30-,31+,32-,33?,35+,36+,38+,39+,40+,41+,45-,47+,48+,49-,52-,53-,55-,58+,59+,61+/m1/s1. The number of carbonyl (C=O) groups excluding carboxylic acids is 4. The van der Waals surface area contributed by atoms with Crippen molar-refractivity contribution < 1.29 is 111 Å². The maximum atomic E-state index is 14.5. The molecule has 5 aliphatic rings. The van der Waals surface area contributed by atoms with Crippen molar-refractivity contribution in [1.82, 2.24) is 16.1 Å². The van der Waals surface area contributed by atoms with Gasteiger partial charge in [-0.25, -0.2) is 4.79 Å². The number of benzene rings is 1. The second-order valence-electron chi connectivity index (χ2n) is 21.9. The number of ketones is 1. The quantitative estimate of drug-likeness (QED) is 0.0172. The van der Waals surface area contributed by atoms with Crippen molar-refractivity contribution in [1.29, 1.82) is 0 Å². The Morgan fingerprint density at radius 1 is 0.879 bits per heavy atom. The average molecular weight is 1450 g/mol. The van der Waals surface area contributed by atoms with Gasteiger partial charge in [0.05, 0.1) is 103 Å². The minimum Gasteiger partial charge on any atom is -0.492 e. The number of hydroxylamine groups is 1. The molecule has 20 atom stereocenters. The molecule has 1 amide bonds. The summed E-state index contributed by atoms with van der Waals surface area (Å²) < 4.78 is 78.0. The summed E-state index contributed by atoms with van der Waals surface area (Å²) in [6, 6.07) is -1.34. The Morgan fingerprint density at radius 3 is 2.22 bits per heavy atom. The molecule has 4 heterocycles. The van der Waals surface area contributed by atoms with E-state index in [1.165, 1.54) is 62.0 Å². The largest absolute Gasteiger partial charge is 0.492 e. The number of aliphatic hydroxyl groups excluding tert-OH is 4. The normalized spacial score (nSPS) is 33.0. The highest BCUT2D eigenvalue weighted by atomic mass is 127. The van der Waals surface area contributed by atoms with Gasteiger partial charge in [0, 0.05) is 44.8 Å². The van der Waals surface area contributed by atoms with Gasteiger partial charge >= 0.3 is 12.1 Å². The molecule has 0 saturated carbocycles. The first-order valence-corrected chi connectivity index (χ1v) is 33.9. The lowest BCUT2D eigenvalue weighted by Crippen LogP contribution is -2.65. The maximum absolute atomic E-state index is 14.5. The number of likely N-dealkylation sites (N-methyl/N-ethyl adjacent to an activating group) is 1. The van der Waals surface area contributed by atoms with E-state index in [0.29, 0.717) is 15.7 Å². The summed E-state index contributed by atoms with van der Waals surface area (Å²) in [7, 11) is 9.24. The van der Waals surface area contributed by atoms with Crippen molar-refractivity contribution in [2.45, 2.75) is 202 Å². The maximum Gasteiger partial charge on any atom is 0.411 e. The second kappa shape index (κ2) is 35.8. The number of aliphatic hydroxyl groups is 5. The zero-order chi connectivity index (χ0) is 67.0. The minimum atomic E-state index is -1.88. The lowest BCUT2D eigenvalue weighted by Gasteiger charge is -2.46. The first-order chi connectivity index (χ1) is 43.3. The number of nitrogens with one attached hydrogen (secondary N) is 3. The zero-order valence-corrected chi connectivity index (χ0v) is 57.9. The Balaban J connectivity index is 1.28. The van der Waals surface area contributed by atoms with Crippen LogP contribution in [0.1, 0.15) is 90.6 Å². The molecule has 0 bridgehead atoms. The topological polar surface area (TPSA) is 335 Å². The smallest absolute Gasteiger partial charge is 0.411 e. The van der Waals surface area contributed by atoms with Gasteiger partial charge in [0.1, 0.15) is 41.9 Å². The molecule has 1 aromatic carbocycles. The van der Waals surface area contributed by atoms with Gasteiger partial charge in [-0.15, -0.1) is 5.92 Å². The van der Waals surface area contributed by atoms with Crippen LogP contribution in [0.3, 0.4) is 0 Å². The van der Waals surface area contributed by atoms with Crippen LogP contribution >= 0.6 is 55.9 Å². The van der Waals surface area contributed by atoms with E-state index in [1.54, 1.807) is 61.7 Å². The van der Waals surface area contributed by atoms with Gasteiger partial charge in [-0.2, -0.15) is 5.48 Å². The fraction of sp³-hybridized carbons (Fsp3) is 0.672. The molecule has 508 valence electrons. The van der Waals surface area contributed by atoms with Gasteiger partial charge in [0.25, 0.3) is 0 Å². The van der Waals surface area contributed by atoms with E-state index in [-0.39, 0.29) is 77.5 Å². The predicted molar refractivity (Wildman–Crippen MR) is 344 cm³/mol. The molecule has 0 aromatic heterocycles. The molecule has 1 aliphatic carbocycles. The third-order valence-electron chi connectivity index (χ3n) is 15.6. The summed E-state index contributed by atoms with van der Waals surface area (Å²) in [5, 5.41) is 62.2. The van der Waals surface area contributed by atoms with E-state index in [2.05, 4.69) is 39.8 Å². The van der Waals surface area contributed by atoms with E-state index in [4.69, 9.17) is 66.4 Å². The number of methoxy groups -OCH3 is 5. The molecular formula is C61H86IN3O23S3. The van der Waals surface area contributed by atoms with Gasteiger partial charge in [-0.1, -0.05) is 64.1 Å². The van der Waals surface area contributed by atoms with Crippen LogP contribution in [0.4, 0.5) is 4.79 Å².